The Morgan fingerprint density at radius 3 is 2.49 bits per heavy atom. The molecule has 1 aromatic heterocycles. The van der Waals surface area contributed by atoms with Crippen LogP contribution in [0.2, 0.25) is 0 Å². The van der Waals surface area contributed by atoms with Crippen molar-refractivity contribution in [2.24, 2.45) is 5.10 Å². The van der Waals surface area contributed by atoms with Crippen molar-refractivity contribution in [3.63, 3.8) is 0 Å². The van der Waals surface area contributed by atoms with Gasteiger partial charge in [0.25, 0.3) is 0 Å². The molecule has 6 nitrogen and oxygen atoms in total. The Bertz CT molecular complexity index is 1020. The van der Waals surface area contributed by atoms with Gasteiger partial charge in [-0.1, -0.05) is 64.1 Å². The lowest BCUT2D eigenvalue weighted by Crippen LogP contribution is -2.16. The second kappa shape index (κ2) is 15.3. The van der Waals surface area contributed by atoms with Crippen LogP contribution in [-0.2, 0) is 6.42 Å². The summed E-state index contributed by atoms with van der Waals surface area (Å²) in [4.78, 5) is 9.12. The van der Waals surface area contributed by atoms with Crippen molar-refractivity contribution in [1.29, 1.82) is 0 Å². The zero-order valence-corrected chi connectivity index (χ0v) is 21.6. The molecule has 2 rings (SSSR count). The normalized spacial score (nSPS) is 12.1. The van der Waals surface area contributed by atoms with Crippen LogP contribution in [0.25, 0.3) is 11.4 Å². The molecule has 0 fully saturated rings. The van der Waals surface area contributed by atoms with Gasteiger partial charge in [0.05, 0.1) is 24.2 Å². The summed E-state index contributed by atoms with van der Waals surface area (Å²) in [6.45, 7) is 14.0. The Morgan fingerprint density at radius 2 is 1.89 bits per heavy atom. The van der Waals surface area contributed by atoms with Crippen molar-refractivity contribution in [3.8, 4) is 17.1 Å². The topological polar surface area (TPSA) is 62.6 Å². The molecule has 0 saturated carbocycles. The smallest absolute Gasteiger partial charge is 0.159 e. The van der Waals surface area contributed by atoms with E-state index in [1.807, 2.05) is 44.6 Å². The van der Waals surface area contributed by atoms with Crippen molar-refractivity contribution < 1.29 is 4.74 Å². The summed E-state index contributed by atoms with van der Waals surface area (Å²) in [6, 6.07) is 8.23. The lowest BCUT2D eigenvalue weighted by atomic mass is 10.1. The van der Waals surface area contributed by atoms with Crippen LogP contribution in [0.4, 0.5) is 0 Å². The first-order valence-corrected chi connectivity index (χ1v) is 12.2. The number of nitrogens with one attached hydrogen (secondary N) is 1. The highest BCUT2D eigenvalue weighted by atomic mass is 16.5. The molecule has 1 aromatic carbocycles. The number of aromatic nitrogens is 2. The van der Waals surface area contributed by atoms with E-state index >= 15 is 0 Å². The third-order valence-electron chi connectivity index (χ3n) is 5.21. The standard InChI is InChI=1S/C29H39N5O/c1-7-11-17-34(26(10-4)20-30-6)33-23(5)18-24-15-12-16-25(19-24)29-31-21-28(22-32-29)35-27(13-8-2)14-9-3/h7,10-12,15-17,19-22,27,30H,1,4,8-9,13-14,18H2,2-3,5-6H3/b17-11-,26-20+,33-23+. The number of hydrogen-bond donors (Lipinski definition) is 1. The quantitative estimate of drug-likeness (QED) is 0.178. The molecule has 0 radical (unpaired) electrons. The molecule has 0 unspecified atom stereocenters. The Morgan fingerprint density at radius 1 is 1.17 bits per heavy atom. The molecule has 2 aromatic rings. The first-order chi connectivity index (χ1) is 17.0. The SMILES string of the molecule is C=C/C=C\N(/N=C(\C)Cc1cccc(-c2ncc(OC(CCC)CCC)cn2)c1)/C(C=C)=C/NC. The summed E-state index contributed by atoms with van der Waals surface area (Å²) in [5.41, 5.74) is 3.87. The van der Waals surface area contributed by atoms with E-state index in [1.165, 1.54) is 0 Å². The second-order valence-corrected chi connectivity index (χ2v) is 8.26. The average Bonchev–Trinajstić information content (AvgIpc) is 2.86. The van der Waals surface area contributed by atoms with E-state index in [9.17, 15) is 0 Å². The van der Waals surface area contributed by atoms with Gasteiger partial charge >= 0.3 is 0 Å². The largest absolute Gasteiger partial charge is 0.487 e. The molecular formula is C29H39N5O. The molecule has 0 spiro atoms. The number of ether oxygens (including phenoxy) is 1. The van der Waals surface area contributed by atoms with Gasteiger partial charge in [0.1, 0.15) is 0 Å². The van der Waals surface area contributed by atoms with Crippen LogP contribution in [0.1, 0.15) is 52.0 Å². The maximum atomic E-state index is 6.10. The van der Waals surface area contributed by atoms with Crippen molar-refractivity contribution in [3.05, 3.63) is 91.7 Å². The zero-order chi connectivity index (χ0) is 25.5. The van der Waals surface area contributed by atoms with Crippen molar-refractivity contribution in [2.75, 3.05) is 7.05 Å². The van der Waals surface area contributed by atoms with Gasteiger partial charge in [-0.3, -0.25) is 0 Å². The summed E-state index contributed by atoms with van der Waals surface area (Å²) in [6.07, 6.45) is 17.7. The molecular weight excluding hydrogens is 434 g/mol. The van der Waals surface area contributed by atoms with E-state index in [1.54, 1.807) is 29.6 Å². The minimum atomic E-state index is 0.218. The molecule has 35 heavy (non-hydrogen) atoms. The molecule has 0 aliphatic heterocycles. The van der Waals surface area contributed by atoms with Gasteiger partial charge in [-0.05, 0) is 43.5 Å². The lowest BCUT2D eigenvalue weighted by Gasteiger charge is -2.17. The zero-order valence-electron chi connectivity index (χ0n) is 21.6. The third-order valence-corrected chi connectivity index (χ3v) is 5.21. The van der Waals surface area contributed by atoms with Gasteiger partial charge in [-0.15, -0.1) is 0 Å². The molecule has 1 N–H and O–H groups in total. The molecule has 6 heteroatoms. The number of allylic oxidation sites excluding steroid dienone is 3. The Labute approximate surface area is 210 Å². The van der Waals surface area contributed by atoms with Crippen LogP contribution in [-0.4, -0.2) is 33.8 Å². The van der Waals surface area contributed by atoms with E-state index in [4.69, 9.17) is 9.84 Å². The number of hydrazone groups is 1. The molecule has 0 aliphatic rings. The van der Waals surface area contributed by atoms with E-state index in [2.05, 4.69) is 54.4 Å². The van der Waals surface area contributed by atoms with Gasteiger partial charge in [-0.2, -0.15) is 5.10 Å². The Hall–Kier alpha value is -3.67. The van der Waals surface area contributed by atoms with E-state index in [0.717, 1.165) is 54.0 Å². The predicted molar refractivity (Wildman–Crippen MR) is 147 cm³/mol. The van der Waals surface area contributed by atoms with Gasteiger partial charge in [0.2, 0.25) is 0 Å². The second-order valence-electron chi connectivity index (χ2n) is 8.26. The molecule has 1 heterocycles. The van der Waals surface area contributed by atoms with E-state index < -0.39 is 0 Å². The van der Waals surface area contributed by atoms with E-state index in [0.29, 0.717) is 12.2 Å². The Kier molecular flexibility index (Phi) is 12.0. The summed E-state index contributed by atoms with van der Waals surface area (Å²) in [5, 5.41) is 9.56. The number of benzene rings is 1. The highest BCUT2D eigenvalue weighted by Gasteiger charge is 2.10. The van der Waals surface area contributed by atoms with E-state index in [-0.39, 0.29) is 6.10 Å². The average molecular weight is 474 g/mol. The maximum Gasteiger partial charge on any atom is 0.159 e. The highest BCUT2D eigenvalue weighted by molar-refractivity contribution is 5.84. The molecule has 0 amide bonds. The van der Waals surface area contributed by atoms with Gasteiger partial charge in [-0.25, -0.2) is 15.0 Å². The van der Waals surface area contributed by atoms with Crippen molar-refractivity contribution in [1.82, 2.24) is 20.3 Å². The molecule has 0 saturated heterocycles. The van der Waals surface area contributed by atoms with Crippen LogP contribution in [0, 0.1) is 0 Å². The third kappa shape index (κ3) is 9.24. The van der Waals surface area contributed by atoms with Gasteiger partial charge < -0.3 is 10.1 Å². The van der Waals surface area contributed by atoms with Crippen LogP contribution >= 0.6 is 0 Å². The summed E-state index contributed by atoms with van der Waals surface area (Å²) < 4.78 is 6.10. The van der Waals surface area contributed by atoms with Gasteiger partial charge in [0.15, 0.2) is 11.6 Å². The van der Waals surface area contributed by atoms with Gasteiger partial charge in [0, 0.05) is 37.1 Å². The summed E-state index contributed by atoms with van der Waals surface area (Å²) >= 11 is 0. The molecule has 186 valence electrons. The molecule has 0 atom stereocenters. The van der Waals surface area contributed by atoms with Crippen molar-refractivity contribution >= 4 is 5.71 Å². The van der Waals surface area contributed by atoms with Crippen LogP contribution in [0.3, 0.4) is 0 Å². The number of nitrogens with zero attached hydrogens (tertiary/aromatic N) is 4. The first kappa shape index (κ1) is 27.6. The monoisotopic (exact) mass is 473 g/mol. The van der Waals surface area contributed by atoms with Crippen LogP contribution < -0.4 is 10.1 Å². The fourth-order valence-electron chi connectivity index (χ4n) is 3.65. The fraction of sp³-hybridized carbons (Fsp3) is 0.345. The minimum absolute atomic E-state index is 0.218. The number of hydrogen-bond acceptors (Lipinski definition) is 6. The summed E-state index contributed by atoms with van der Waals surface area (Å²) in [5.74, 6) is 1.40. The Balaban J connectivity index is 2.17. The molecule has 0 bridgehead atoms. The van der Waals surface area contributed by atoms with Crippen molar-refractivity contribution in [2.45, 2.75) is 59.0 Å². The van der Waals surface area contributed by atoms with Crippen LogP contribution in [0.5, 0.6) is 5.75 Å². The lowest BCUT2D eigenvalue weighted by molar-refractivity contribution is 0.177. The minimum Gasteiger partial charge on any atom is -0.487 e. The first-order valence-electron chi connectivity index (χ1n) is 12.2. The molecule has 0 aliphatic carbocycles. The fourth-order valence-corrected chi connectivity index (χ4v) is 3.65. The maximum absolute atomic E-state index is 6.10. The number of rotatable bonds is 15. The predicted octanol–water partition coefficient (Wildman–Crippen LogP) is 6.66. The van der Waals surface area contributed by atoms with Crippen LogP contribution in [0.15, 0.2) is 91.2 Å². The summed E-state index contributed by atoms with van der Waals surface area (Å²) in [7, 11) is 1.84. The highest BCUT2D eigenvalue weighted by Crippen LogP contribution is 2.21.